The van der Waals surface area contributed by atoms with Gasteiger partial charge in [-0.25, -0.2) is 9.97 Å². The molecule has 0 aliphatic carbocycles. The van der Waals surface area contributed by atoms with Crippen LogP contribution in [0.5, 0.6) is 11.5 Å². The highest BCUT2D eigenvalue weighted by molar-refractivity contribution is 5.66. The Bertz CT molecular complexity index is 784. The molecule has 0 aliphatic heterocycles. The highest BCUT2D eigenvalue weighted by atomic mass is 16.5. The van der Waals surface area contributed by atoms with E-state index in [9.17, 15) is 4.79 Å². The van der Waals surface area contributed by atoms with Crippen LogP contribution in [0.4, 0.5) is 5.95 Å². The Labute approximate surface area is 125 Å². The van der Waals surface area contributed by atoms with Gasteiger partial charge < -0.3 is 4.74 Å². The molecule has 0 unspecified atom stereocenters. The average Bonchev–Trinajstić information content (AvgIpc) is 2.97. The zero-order chi connectivity index (χ0) is 15.4. The first-order chi connectivity index (χ1) is 10.7. The van der Waals surface area contributed by atoms with E-state index in [0.717, 1.165) is 11.3 Å². The van der Waals surface area contributed by atoms with Crippen molar-refractivity contribution in [3.8, 4) is 22.8 Å². The van der Waals surface area contributed by atoms with Gasteiger partial charge in [0.25, 0.3) is 0 Å². The van der Waals surface area contributed by atoms with Gasteiger partial charge in [0, 0.05) is 31.1 Å². The van der Waals surface area contributed by atoms with Crippen LogP contribution in [0.3, 0.4) is 0 Å². The lowest BCUT2D eigenvalue weighted by molar-refractivity contribution is -0.105. The maximum absolute atomic E-state index is 10.3. The normalized spacial score (nSPS) is 10.2. The van der Waals surface area contributed by atoms with Crippen molar-refractivity contribution in [2.75, 3.05) is 5.32 Å². The van der Waals surface area contributed by atoms with Crippen molar-refractivity contribution in [1.82, 2.24) is 24.7 Å². The number of anilines is 1. The number of ether oxygens (including phenoxy) is 1. The minimum absolute atomic E-state index is 0.216. The number of aryl methyl sites for hydroxylation is 1. The summed E-state index contributed by atoms with van der Waals surface area (Å²) in [5, 5.41) is 6.47. The lowest BCUT2D eigenvalue weighted by Crippen LogP contribution is -1.99. The fraction of sp³-hybridized carbons (Fsp3) is 0.0714. The first kappa shape index (κ1) is 13.7. The van der Waals surface area contributed by atoms with Gasteiger partial charge in [-0.05, 0) is 6.07 Å². The van der Waals surface area contributed by atoms with Gasteiger partial charge >= 0.3 is 0 Å². The summed E-state index contributed by atoms with van der Waals surface area (Å²) in [5.74, 6) is 1.28. The van der Waals surface area contributed by atoms with Crippen LogP contribution < -0.4 is 10.1 Å². The molecule has 3 aromatic rings. The van der Waals surface area contributed by atoms with Crippen LogP contribution in [0.25, 0.3) is 11.3 Å². The van der Waals surface area contributed by atoms with Crippen LogP contribution in [0.1, 0.15) is 0 Å². The van der Waals surface area contributed by atoms with E-state index in [2.05, 4.69) is 25.4 Å². The summed E-state index contributed by atoms with van der Waals surface area (Å²) >= 11 is 0. The molecule has 0 spiro atoms. The van der Waals surface area contributed by atoms with Gasteiger partial charge in [0.1, 0.15) is 5.75 Å². The highest BCUT2D eigenvalue weighted by Gasteiger charge is 2.05. The summed E-state index contributed by atoms with van der Waals surface area (Å²) in [6.07, 6.45) is 8.72. The largest absolute Gasteiger partial charge is 0.454 e. The van der Waals surface area contributed by atoms with Crippen molar-refractivity contribution in [2.45, 2.75) is 0 Å². The first-order valence-corrected chi connectivity index (χ1v) is 6.40. The van der Waals surface area contributed by atoms with Crippen LogP contribution in [-0.4, -0.2) is 31.1 Å². The average molecular weight is 296 g/mol. The van der Waals surface area contributed by atoms with Gasteiger partial charge in [-0.15, -0.1) is 0 Å². The molecule has 0 saturated carbocycles. The third-order valence-electron chi connectivity index (χ3n) is 2.78. The zero-order valence-electron chi connectivity index (χ0n) is 11.7. The number of carbonyl (C=O) groups excluding carboxylic acids is 1. The second-order valence-electron chi connectivity index (χ2n) is 4.39. The van der Waals surface area contributed by atoms with Crippen molar-refractivity contribution in [2.24, 2.45) is 7.05 Å². The quantitative estimate of drug-likeness (QED) is 0.719. The summed E-state index contributed by atoms with van der Waals surface area (Å²) in [5.41, 5.74) is 1.65. The molecule has 1 amide bonds. The number of hydrogen-bond donors (Lipinski definition) is 1. The molecule has 0 aliphatic rings. The first-order valence-electron chi connectivity index (χ1n) is 6.40. The summed E-state index contributed by atoms with van der Waals surface area (Å²) < 4.78 is 7.38. The van der Waals surface area contributed by atoms with Gasteiger partial charge in [0.05, 0.1) is 24.3 Å². The maximum Gasteiger partial charge on any atom is 0.229 e. The molecule has 0 saturated heterocycles. The Kier molecular flexibility index (Phi) is 3.73. The number of nitrogens with one attached hydrogen (secondary N) is 1. The van der Waals surface area contributed by atoms with Crippen LogP contribution in [0.15, 0.2) is 43.1 Å². The molecule has 0 atom stereocenters. The summed E-state index contributed by atoms with van der Waals surface area (Å²) in [7, 11) is 1.84. The second kappa shape index (κ2) is 6.00. The Morgan fingerprint density at radius 2 is 2.00 bits per heavy atom. The fourth-order valence-electron chi connectivity index (χ4n) is 1.82. The van der Waals surface area contributed by atoms with E-state index in [0.29, 0.717) is 17.9 Å². The Morgan fingerprint density at radius 3 is 2.68 bits per heavy atom. The van der Waals surface area contributed by atoms with Crippen molar-refractivity contribution < 1.29 is 9.53 Å². The van der Waals surface area contributed by atoms with Gasteiger partial charge in [0.15, 0.2) is 5.75 Å². The molecular formula is C14H12N6O2. The number of pyridine rings is 1. The van der Waals surface area contributed by atoms with Crippen LogP contribution in [0, 0.1) is 0 Å². The Hall–Kier alpha value is -3.29. The number of nitrogens with zero attached hydrogens (tertiary/aromatic N) is 5. The lowest BCUT2D eigenvalue weighted by atomic mass is 10.2. The van der Waals surface area contributed by atoms with E-state index in [1.54, 1.807) is 29.2 Å². The van der Waals surface area contributed by atoms with Crippen molar-refractivity contribution >= 4 is 12.4 Å². The summed E-state index contributed by atoms with van der Waals surface area (Å²) in [6.45, 7) is 0. The monoisotopic (exact) mass is 296 g/mol. The van der Waals surface area contributed by atoms with E-state index >= 15 is 0 Å². The van der Waals surface area contributed by atoms with Gasteiger partial charge in [0.2, 0.25) is 12.4 Å². The van der Waals surface area contributed by atoms with E-state index in [-0.39, 0.29) is 5.95 Å². The van der Waals surface area contributed by atoms with E-state index in [4.69, 9.17) is 4.74 Å². The molecule has 0 fully saturated rings. The molecule has 1 N–H and O–H groups in total. The summed E-state index contributed by atoms with van der Waals surface area (Å²) in [6, 6.07) is 3.53. The predicted octanol–water partition coefficient (Wildman–Crippen LogP) is 1.63. The molecule has 0 radical (unpaired) electrons. The number of aromatic nitrogens is 5. The number of carbonyl (C=O) groups is 1. The third-order valence-corrected chi connectivity index (χ3v) is 2.78. The van der Waals surface area contributed by atoms with E-state index < -0.39 is 0 Å². The topological polar surface area (TPSA) is 94.8 Å². The number of hydrogen-bond acceptors (Lipinski definition) is 6. The Balaban J connectivity index is 1.79. The second-order valence-corrected chi connectivity index (χ2v) is 4.39. The molecule has 110 valence electrons. The molecule has 8 nitrogen and oxygen atoms in total. The van der Waals surface area contributed by atoms with Gasteiger partial charge in [-0.1, -0.05) is 0 Å². The molecule has 0 bridgehead atoms. The maximum atomic E-state index is 10.3. The predicted molar refractivity (Wildman–Crippen MR) is 78.2 cm³/mol. The van der Waals surface area contributed by atoms with E-state index in [1.807, 2.05) is 13.2 Å². The SMILES string of the molecule is Cn1cc(-c2cc(Oc3cnc(NC=O)nc3)ccn2)cn1. The summed E-state index contributed by atoms with van der Waals surface area (Å²) in [4.78, 5) is 22.5. The molecule has 8 heteroatoms. The van der Waals surface area contributed by atoms with Crippen molar-refractivity contribution in [3.05, 3.63) is 43.1 Å². The lowest BCUT2D eigenvalue weighted by Gasteiger charge is -2.06. The zero-order valence-corrected chi connectivity index (χ0v) is 11.7. The molecule has 0 aromatic carbocycles. The number of rotatable bonds is 5. The molecular weight excluding hydrogens is 284 g/mol. The van der Waals surface area contributed by atoms with Crippen LogP contribution >= 0.6 is 0 Å². The molecule has 3 aromatic heterocycles. The van der Waals surface area contributed by atoms with Crippen molar-refractivity contribution in [3.63, 3.8) is 0 Å². The smallest absolute Gasteiger partial charge is 0.229 e. The fourth-order valence-corrected chi connectivity index (χ4v) is 1.82. The van der Waals surface area contributed by atoms with Crippen molar-refractivity contribution in [1.29, 1.82) is 0 Å². The third kappa shape index (κ3) is 3.06. The molecule has 3 heterocycles. The number of amides is 1. The van der Waals surface area contributed by atoms with Crippen LogP contribution in [0.2, 0.25) is 0 Å². The Morgan fingerprint density at radius 1 is 1.18 bits per heavy atom. The van der Waals surface area contributed by atoms with Crippen LogP contribution in [-0.2, 0) is 11.8 Å². The minimum atomic E-state index is 0.216. The molecule has 22 heavy (non-hydrogen) atoms. The molecule has 3 rings (SSSR count). The minimum Gasteiger partial charge on any atom is -0.454 e. The van der Waals surface area contributed by atoms with E-state index in [1.165, 1.54) is 12.4 Å². The van der Waals surface area contributed by atoms with Gasteiger partial charge in [-0.3, -0.25) is 19.8 Å². The highest BCUT2D eigenvalue weighted by Crippen LogP contribution is 2.24. The van der Waals surface area contributed by atoms with Gasteiger partial charge in [-0.2, -0.15) is 5.10 Å². The standard InChI is InChI=1S/C14H12N6O2/c1-20-8-10(5-19-20)13-4-11(2-3-15-13)22-12-6-16-14(17-7-12)18-9-21/h2-9H,1H3,(H,16,17,18,21).